The summed E-state index contributed by atoms with van der Waals surface area (Å²) in [6.07, 6.45) is 1.29. The zero-order valence-electron chi connectivity index (χ0n) is 11.2. The minimum atomic E-state index is 0.196. The molecule has 0 aromatic heterocycles. The largest absolute Gasteiger partial charge is 0.294 e. The van der Waals surface area contributed by atoms with E-state index in [1.807, 2.05) is 50.2 Å². The van der Waals surface area contributed by atoms with Crippen LogP contribution in [-0.4, -0.2) is 5.78 Å². The number of hydrogen-bond acceptors (Lipinski definition) is 1. The number of Topliss-reactive ketones (excluding diaryl/α,β-unsaturated/α-hetero) is 1. The molecular formula is C17H17ClO. The van der Waals surface area contributed by atoms with Crippen LogP contribution in [0.3, 0.4) is 0 Å². The highest BCUT2D eigenvalue weighted by Gasteiger charge is 2.07. The fourth-order valence-electron chi connectivity index (χ4n) is 2.19. The summed E-state index contributed by atoms with van der Waals surface area (Å²) in [5.74, 6) is 0.196. The summed E-state index contributed by atoms with van der Waals surface area (Å²) in [7, 11) is 0. The molecule has 0 N–H and O–H groups in total. The van der Waals surface area contributed by atoms with Crippen LogP contribution in [0.4, 0.5) is 0 Å². The van der Waals surface area contributed by atoms with E-state index in [4.69, 9.17) is 11.6 Å². The molecule has 98 valence electrons. The van der Waals surface area contributed by atoms with Gasteiger partial charge in [-0.2, -0.15) is 0 Å². The molecule has 0 aliphatic rings. The molecule has 0 radical (unpaired) electrons. The van der Waals surface area contributed by atoms with Gasteiger partial charge in [-0.3, -0.25) is 4.79 Å². The summed E-state index contributed by atoms with van der Waals surface area (Å²) < 4.78 is 0. The summed E-state index contributed by atoms with van der Waals surface area (Å²) in [6, 6.07) is 13.6. The summed E-state index contributed by atoms with van der Waals surface area (Å²) >= 11 is 5.84. The van der Waals surface area contributed by atoms with Gasteiger partial charge in [0.25, 0.3) is 0 Å². The Morgan fingerprint density at radius 3 is 2.16 bits per heavy atom. The minimum Gasteiger partial charge on any atom is -0.294 e. The summed E-state index contributed by atoms with van der Waals surface area (Å²) in [5, 5.41) is 0.726. The van der Waals surface area contributed by atoms with E-state index in [0.717, 1.165) is 33.7 Å². The molecule has 0 unspecified atom stereocenters. The molecule has 0 saturated heterocycles. The van der Waals surface area contributed by atoms with Gasteiger partial charge in [-0.25, -0.2) is 0 Å². The monoisotopic (exact) mass is 272 g/mol. The Morgan fingerprint density at radius 2 is 1.58 bits per heavy atom. The quantitative estimate of drug-likeness (QED) is 0.733. The molecule has 0 amide bonds. The number of hydrogen-bond donors (Lipinski definition) is 0. The SMILES string of the molecule is Cc1cc(C)cc(C(=O)CCc2ccc(Cl)cc2)c1. The maximum Gasteiger partial charge on any atom is 0.163 e. The van der Waals surface area contributed by atoms with Crippen molar-refractivity contribution in [3.05, 3.63) is 69.7 Å². The lowest BCUT2D eigenvalue weighted by molar-refractivity contribution is 0.0982. The number of halogens is 1. The molecule has 0 bridgehead atoms. The predicted molar refractivity (Wildman–Crippen MR) is 80.0 cm³/mol. The van der Waals surface area contributed by atoms with Crippen molar-refractivity contribution in [2.24, 2.45) is 0 Å². The lowest BCUT2D eigenvalue weighted by Gasteiger charge is -2.05. The van der Waals surface area contributed by atoms with Gasteiger partial charge in [0, 0.05) is 17.0 Å². The van der Waals surface area contributed by atoms with E-state index < -0.39 is 0 Å². The first kappa shape index (κ1) is 13.8. The molecule has 2 rings (SSSR count). The van der Waals surface area contributed by atoms with E-state index in [2.05, 4.69) is 6.07 Å². The van der Waals surface area contributed by atoms with Gasteiger partial charge in [-0.05, 0) is 50.1 Å². The van der Waals surface area contributed by atoms with E-state index >= 15 is 0 Å². The Hall–Kier alpha value is -1.60. The van der Waals surface area contributed by atoms with Gasteiger partial charge in [0.2, 0.25) is 0 Å². The van der Waals surface area contributed by atoms with E-state index in [1.165, 1.54) is 0 Å². The summed E-state index contributed by atoms with van der Waals surface area (Å²) in [5.41, 5.74) is 4.22. The highest BCUT2D eigenvalue weighted by molar-refractivity contribution is 6.30. The van der Waals surface area contributed by atoms with Crippen LogP contribution in [0, 0.1) is 13.8 Å². The Bertz CT molecular complexity index is 564. The number of carbonyl (C=O) groups excluding carboxylic acids is 1. The topological polar surface area (TPSA) is 17.1 Å². The second-order valence-corrected chi connectivity index (χ2v) is 5.36. The Labute approximate surface area is 119 Å². The van der Waals surface area contributed by atoms with Crippen molar-refractivity contribution in [3.63, 3.8) is 0 Å². The molecule has 0 fully saturated rings. The number of ketones is 1. The van der Waals surface area contributed by atoms with Gasteiger partial charge in [0.15, 0.2) is 5.78 Å². The molecule has 2 heteroatoms. The molecule has 0 saturated carbocycles. The standard InChI is InChI=1S/C17H17ClO/c1-12-9-13(2)11-15(10-12)17(19)8-5-14-3-6-16(18)7-4-14/h3-4,6-7,9-11H,5,8H2,1-2H3. The van der Waals surface area contributed by atoms with Gasteiger partial charge in [-0.1, -0.05) is 40.9 Å². The van der Waals surface area contributed by atoms with E-state index in [0.29, 0.717) is 6.42 Å². The van der Waals surface area contributed by atoms with Gasteiger partial charge < -0.3 is 0 Å². The maximum atomic E-state index is 12.2. The normalized spacial score (nSPS) is 10.5. The average Bonchev–Trinajstić information content (AvgIpc) is 2.36. The lowest BCUT2D eigenvalue weighted by Crippen LogP contribution is -2.02. The predicted octanol–water partition coefficient (Wildman–Crippen LogP) is 4.77. The molecule has 0 aliphatic heterocycles. The first-order chi connectivity index (χ1) is 9.04. The Kier molecular flexibility index (Phi) is 4.39. The number of benzene rings is 2. The van der Waals surface area contributed by atoms with Crippen LogP contribution >= 0.6 is 11.6 Å². The average molecular weight is 273 g/mol. The zero-order chi connectivity index (χ0) is 13.8. The highest BCUT2D eigenvalue weighted by Crippen LogP contribution is 2.14. The molecule has 0 aliphatic carbocycles. The van der Waals surface area contributed by atoms with Crippen molar-refractivity contribution >= 4 is 17.4 Å². The summed E-state index contributed by atoms with van der Waals surface area (Å²) in [4.78, 5) is 12.2. The van der Waals surface area contributed by atoms with Gasteiger partial charge in [-0.15, -0.1) is 0 Å². The smallest absolute Gasteiger partial charge is 0.163 e. The first-order valence-electron chi connectivity index (χ1n) is 6.40. The van der Waals surface area contributed by atoms with E-state index in [-0.39, 0.29) is 5.78 Å². The lowest BCUT2D eigenvalue weighted by atomic mass is 9.99. The molecule has 1 nitrogen and oxygen atoms in total. The molecule has 2 aromatic rings. The van der Waals surface area contributed by atoms with Crippen LogP contribution in [0.5, 0.6) is 0 Å². The van der Waals surface area contributed by atoms with Crippen molar-refractivity contribution in [2.45, 2.75) is 26.7 Å². The van der Waals surface area contributed by atoms with Crippen molar-refractivity contribution in [1.29, 1.82) is 0 Å². The fraction of sp³-hybridized carbons (Fsp3) is 0.235. The first-order valence-corrected chi connectivity index (χ1v) is 6.78. The van der Waals surface area contributed by atoms with Crippen LogP contribution in [0.25, 0.3) is 0 Å². The number of aryl methyl sites for hydroxylation is 3. The van der Waals surface area contributed by atoms with Crippen LogP contribution < -0.4 is 0 Å². The van der Waals surface area contributed by atoms with Gasteiger partial charge in [0.1, 0.15) is 0 Å². The van der Waals surface area contributed by atoms with E-state index in [1.54, 1.807) is 0 Å². The third-order valence-electron chi connectivity index (χ3n) is 3.10. The minimum absolute atomic E-state index is 0.196. The zero-order valence-corrected chi connectivity index (χ0v) is 12.0. The second kappa shape index (κ2) is 6.03. The van der Waals surface area contributed by atoms with Gasteiger partial charge in [0.05, 0.1) is 0 Å². The van der Waals surface area contributed by atoms with E-state index in [9.17, 15) is 4.79 Å². The van der Waals surface area contributed by atoms with Crippen LogP contribution in [0.2, 0.25) is 5.02 Å². The molecule has 2 aromatic carbocycles. The Morgan fingerprint density at radius 1 is 1.00 bits per heavy atom. The van der Waals surface area contributed by atoms with Crippen molar-refractivity contribution in [2.75, 3.05) is 0 Å². The van der Waals surface area contributed by atoms with Gasteiger partial charge >= 0.3 is 0 Å². The third-order valence-corrected chi connectivity index (χ3v) is 3.35. The molecule has 0 atom stereocenters. The highest BCUT2D eigenvalue weighted by atomic mass is 35.5. The van der Waals surface area contributed by atoms with Crippen molar-refractivity contribution in [1.82, 2.24) is 0 Å². The molecule has 0 heterocycles. The van der Waals surface area contributed by atoms with Crippen molar-refractivity contribution < 1.29 is 4.79 Å². The van der Waals surface area contributed by atoms with Crippen LogP contribution in [-0.2, 0) is 6.42 Å². The third kappa shape index (κ3) is 3.93. The molecule has 19 heavy (non-hydrogen) atoms. The summed E-state index contributed by atoms with van der Waals surface area (Å²) in [6.45, 7) is 4.03. The molecular weight excluding hydrogens is 256 g/mol. The second-order valence-electron chi connectivity index (χ2n) is 4.93. The fourth-order valence-corrected chi connectivity index (χ4v) is 2.31. The number of rotatable bonds is 4. The van der Waals surface area contributed by atoms with Crippen LogP contribution in [0.15, 0.2) is 42.5 Å². The van der Waals surface area contributed by atoms with Crippen LogP contribution in [0.1, 0.15) is 33.5 Å². The molecule has 0 spiro atoms. The van der Waals surface area contributed by atoms with Crippen molar-refractivity contribution in [3.8, 4) is 0 Å². The Balaban J connectivity index is 2.03. The number of carbonyl (C=O) groups is 1. The maximum absolute atomic E-state index is 12.2.